The van der Waals surface area contributed by atoms with Gasteiger partial charge in [0, 0.05) is 44.4 Å². The summed E-state index contributed by atoms with van der Waals surface area (Å²) in [4.78, 5) is 42.9. The molecular weight excluding hydrogens is 322 g/mol. The number of likely N-dealkylation sites (tertiary alicyclic amines) is 2. The van der Waals surface area contributed by atoms with Crippen LogP contribution in [0.5, 0.6) is 0 Å². The van der Waals surface area contributed by atoms with E-state index in [1.807, 2.05) is 4.90 Å². The largest absolute Gasteiger partial charge is 0.477 e. The molecule has 0 aliphatic carbocycles. The van der Waals surface area contributed by atoms with Crippen LogP contribution in [0.2, 0.25) is 0 Å². The highest BCUT2D eigenvalue weighted by atomic mass is 16.4. The molecule has 0 bridgehead atoms. The SMILES string of the molecule is O=C(O)c1cc(C(=O)N2CCC(CN3CCCCC3=O)CC2)ccn1. The summed E-state index contributed by atoms with van der Waals surface area (Å²) in [6.07, 6.45) is 5.82. The normalized spacial score (nSPS) is 19.1. The topological polar surface area (TPSA) is 90.8 Å². The van der Waals surface area contributed by atoms with Crippen LogP contribution in [0, 0.1) is 5.92 Å². The molecule has 0 atom stereocenters. The Morgan fingerprint density at radius 1 is 1.20 bits per heavy atom. The molecule has 2 fully saturated rings. The zero-order chi connectivity index (χ0) is 17.8. The molecule has 3 heterocycles. The Morgan fingerprint density at radius 2 is 1.96 bits per heavy atom. The van der Waals surface area contributed by atoms with E-state index in [1.165, 1.54) is 12.3 Å². The molecule has 0 spiro atoms. The number of rotatable bonds is 4. The minimum atomic E-state index is -1.14. The molecule has 2 amide bonds. The summed E-state index contributed by atoms with van der Waals surface area (Å²) in [5, 5.41) is 8.99. The smallest absolute Gasteiger partial charge is 0.354 e. The Hall–Kier alpha value is -2.44. The summed E-state index contributed by atoms with van der Waals surface area (Å²) in [6, 6.07) is 2.87. The first kappa shape index (κ1) is 17.4. The van der Waals surface area contributed by atoms with Crippen molar-refractivity contribution >= 4 is 17.8 Å². The molecule has 2 saturated heterocycles. The number of carbonyl (C=O) groups is 3. The van der Waals surface area contributed by atoms with Crippen LogP contribution in [-0.4, -0.2) is 63.9 Å². The van der Waals surface area contributed by atoms with Gasteiger partial charge >= 0.3 is 5.97 Å². The Kier molecular flexibility index (Phi) is 5.31. The monoisotopic (exact) mass is 345 g/mol. The number of hydrogen-bond donors (Lipinski definition) is 1. The van der Waals surface area contributed by atoms with Crippen molar-refractivity contribution in [1.29, 1.82) is 0 Å². The molecule has 7 heteroatoms. The molecule has 1 aromatic heterocycles. The van der Waals surface area contributed by atoms with Crippen LogP contribution < -0.4 is 0 Å². The first-order valence-corrected chi connectivity index (χ1v) is 8.81. The molecule has 25 heavy (non-hydrogen) atoms. The Balaban J connectivity index is 1.55. The van der Waals surface area contributed by atoms with Crippen molar-refractivity contribution in [2.24, 2.45) is 5.92 Å². The van der Waals surface area contributed by atoms with Gasteiger partial charge in [-0.1, -0.05) is 0 Å². The molecule has 0 unspecified atom stereocenters. The molecule has 0 aromatic carbocycles. The number of piperidine rings is 2. The van der Waals surface area contributed by atoms with Gasteiger partial charge in [0.25, 0.3) is 5.91 Å². The van der Waals surface area contributed by atoms with Crippen LogP contribution in [0.25, 0.3) is 0 Å². The number of nitrogens with zero attached hydrogens (tertiary/aromatic N) is 3. The summed E-state index contributed by atoms with van der Waals surface area (Å²) in [6.45, 7) is 2.92. The van der Waals surface area contributed by atoms with Gasteiger partial charge in [-0.15, -0.1) is 0 Å². The molecule has 1 N–H and O–H groups in total. The predicted molar refractivity (Wildman–Crippen MR) is 90.3 cm³/mol. The third-order valence-electron chi connectivity index (χ3n) is 5.03. The summed E-state index contributed by atoms with van der Waals surface area (Å²) in [5.41, 5.74) is 0.237. The second-order valence-electron chi connectivity index (χ2n) is 6.77. The standard InChI is InChI=1S/C18H23N3O4/c22-16-3-1-2-8-21(16)12-13-5-9-20(10-6-13)17(23)14-4-7-19-15(11-14)18(24)25/h4,7,11,13H,1-3,5-6,8-10,12H2,(H,24,25). The molecule has 2 aliphatic rings. The summed E-state index contributed by atoms with van der Waals surface area (Å²) in [7, 11) is 0. The average Bonchev–Trinajstić information content (AvgIpc) is 2.64. The first-order valence-electron chi connectivity index (χ1n) is 8.81. The molecular formula is C18H23N3O4. The summed E-state index contributed by atoms with van der Waals surface area (Å²) >= 11 is 0. The second kappa shape index (κ2) is 7.63. The lowest BCUT2D eigenvalue weighted by Gasteiger charge is -2.36. The van der Waals surface area contributed by atoms with Crippen molar-refractivity contribution in [3.05, 3.63) is 29.6 Å². The van der Waals surface area contributed by atoms with Crippen molar-refractivity contribution in [2.75, 3.05) is 26.2 Å². The lowest BCUT2D eigenvalue weighted by atomic mass is 9.94. The number of pyridine rings is 1. The van der Waals surface area contributed by atoms with Gasteiger partial charge in [0.05, 0.1) is 0 Å². The molecule has 7 nitrogen and oxygen atoms in total. The van der Waals surface area contributed by atoms with Crippen molar-refractivity contribution in [2.45, 2.75) is 32.1 Å². The Labute approximate surface area is 146 Å². The Bertz CT molecular complexity index is 668. The number of aromatic nitrogens is 1. The second-order valence-corrected chi connectivity index (χ2v) is 6.77. The highest BCUT2D eigenvalue weighted by molar-refractivity contribution is 5.96. The van der Waals surface area contributed by atoms with E-state index < -0.39 is 5.97 Å². The zero-order valence-electron chi connectivity index (χ0n) is 14.2. The van der Waals surface area contributed by atoms with E-state index in [4.69, 9.17) is 5.11 Å². The van der Waals surface area contributed by atoms with E-state index in [2.05, 4.69) is 4.98 Å². The molecule has 3 rings (SSSR count). The van der Waals surface area contributed by atoms with E-state index in [9.17, 15) is 14.4 Å². The number of carboxylic acids is 1. The van der Waals surface area contributed by atoms with E-state index in [0.717, 1.165) is 38.8 Å². The maximum absolute atomic E-state index is 12.6. The number of aromatic carboxylic acids is 1. The van der Waals surface area contributed by atoms with Crippen molar-refractivity contribution < 1.29 is 19.5 Å². The highest BCUT2D eigenvalue weighted by Gasteiger charge is 2.27. The lowest BCUT2D eigenvalue weighted by Crippen LogP contribution is -2.44. The quantitative estimate of drug-likeness (QED) is 0.896. The van der Waals surface area contributed by atoms with Gasteiger partial charge in [-0.25, -0.2) is 9.78 Å². The summed E-state index contributed by atoms with van der Waals surface area (Å²) < 4.78 is 0. The van der Waals surface area contributed by atoms with E-state index in [1.54, 1.807) is 11.0 Å². The van der Waals surface area contributed by atoms with Crippen LogP contribution in [0.3, 0.4) is 0 Å². The minimum absolute atomic E-state index is 0.121. The molecule has 2 aliphatic heterocycles. The average molecular weight is 345 g/mol. The predicted octanol–water partition coefficient (Wildman–Crippen LogP) is 1.64. The third-order valence-corrected chi connectivity index (χ3v) is 5.03. The lowest BCUT2D eigenvalue weighted by molar-refractivity contribution is -0.134. The fourth-order valence-corrected chi connectivity index (χ4v) is 3.55. The van der Waals surface area contributed by atoms with Crippen molar-refractivity contribution in [3.8, 4) is 0 Å². The molecule has 1 aromatic rings. The molecule has 134 valence electrons. The van der Waals surface area contributed by atoms with Gasteiger partial charge in [-0.2, -0.15) is 0 Å². The fourth-order valence-electron chi connectivity index (χ4n) is 3.55. The van der Waals surface area contributed by atoms with Crippen LogP contribution >= 0.6 is 0 Å². The molecule has 0 saturated carbocycles. The Morgan fingerprint density at radius 3 is 2.64 bits per heavy atom. The number of amides is 2. The van der Waals surface area contributed by atoms with E-state index >= 15 is 0 Å². The van der Waals surface area contributed by atoms with Gasteiger partial charge in [-0.05, 0) is 43.7 Å². The van der Waals surface area contributed by atoms with Crippen molar-refractivity contribution in [1.82, 2.24) is 14.8 Å². The van der Waals surface area contributed by atoms with Gasteiger partial charge in [-0.3, -0.25) is 9.59 Å². The molecule has 0 radical (unpaired) electrons. The van der Waals surface area contributed by atoms with Crippen LogP contribution in [0.1, 0.15) is 53.0 Å². The van der Waals surface area contributed by atoms with Crippen molar-refractivity contribution in [3.63, 3.8) is 0 Å². The number of hydrogen-bond acceptors (Lipinski definition) is 4. The van der Waals surface area contributed by atoms with Crippen LogP contribution in [0.15, 0.2) is 18.3 Å². The van der Waals surface area contributed by atoms with Gasteiger partial charge in [0.1, 0.15) is 5.69 Å². The van der Waals surface area contributed by atoms with Gasteiger partial charge in [0.2, 0.25) is 5.91 Å². The maximum atomic E-state index is 12.6. The fraction of sp³-hybridized carbons (Fsp3) is 0.556. The van der Waals surface area contributed by atoms with Crippen LogP contribution in [0.4, 0.5) is 0 Å². The summed E-state index contributed by atoms with van der Waals surface area (Å²) in [5.74, 6) is -0.613. The zero-order valence-corrected chi connectivity index (χ0v) is 14.2. The third kappa shape index (κ3) is 4.15. The highest BCUT2D eigenvalue weighted by Crippen LogP contribution is 2.22. The van der Waals surface area contributed by atoms with Gasteiger partial charge in [0.15, 0.2) is 0 Å². The number of carbonyl (C=O) groups excluding carboxylic acids is 2. The first-order chi connectivity index (χ1) is 12.0. The van der Waals surface area contributed by atoms with Gasteiger partial charge < -0.3 is 14.9 Å². The van der Waals surface area contributed by atoms with E-state index in [-0.39, 0.29) is 17.5 Å². The maximum Gasteiger partial charge on any atom is 0.354 e. The van der Waals surface area contributed by atoms with E-state index in [0.29, 0.717) is 31.0 Å². The van der Waals surface area contributed by atoms with Crippen LogP contribution in [-0.2, 0) is 4.79 Å². The minimum Gasteiger partial charge on any atom is -0.477 e. The number of carboxylic acid groups (broad SMARTS) is 1.